The summed E-state index contributed by atoms with van der Waals surface area (Å²) in [7, 11) is 0. The molecule has 3 aromatic carbocycles. The van der Waals surface area contributed by atoms with E-state index in [2.05, 4.69) is 10.2 Å². The molecule has 4 aromatic rings. The van der Waals surface area contributed by atoms with Crippen LogP contribution in [0.1, 0.15) is 17.5 Å². The summed E-state index contributed by atoms with van der Waals surface area (Å²) in [6, 6.07) is 16.4. The summed E-state index contributed by atoms with van der Waals surface area (Å²) in [5.74, 6) is -0.0713. The number of amides is 1. The SMILES string of the molecule is O=C(Cc1ccc(Oc2ccc(F)cc2)cc1)[C@@H]1C[C@@H](Cc2ccc(F)cc2Cl)CN1C(=O)Cn1nccn1. The van der Waals surface area contributed by atoms with Crippen LogP contribution in [0.25, 0.3) is 0 Å². The van der Waals surface area contributed by atoms with Crippen LogP contribution in [0.3, 0.4) is 0 Å². The highest BCUT2D eigenvalue weighted by Gasteiger charge is 2.39. The summed E-state index contributed by atoms with van der Waals surface area (Å²) < 4.78 is 32.4. The summed E-state index contributed by atoms with van der Waals surface area (Å²) in [5, 5.41) is 8.33. The average molecular weight is 551 g/mol. The van der Waals surface area contributed by atoms with E-state index in [-0.39, 0.29) is 36.4 Å². The zero-order valence-corrected chi connectivity index (χ0v) is 21.6. The first-order valence-electron chi connectivity index (χ1n) is 12.5. The van der Waals surface area contributed by atoms with Crippen molar-refractivity contribution in [2.75, 3.05) is 6.54 Å². The van der Waals surface area contributed by atoms with Crippen LogP contribution in [0.4, 0.5) is 8.78 Å². The zero-order valence-electron chi connectivity index (χ0n) is 20.8. The standard InChI is InChI=1S/C29H25ClF2N4O3/c30-26-16-23(32)4-3-21(26)13-20-14-27(35(17-20)29(38)18-36-33-11-12-34-36)28(37)15-19-1-7-24(8-2-19)39-25-9-5-22(31)6-10-25/h1-12,16,20,27H,13-15,17-18H2/t20-,27+/m1/s1. The molecule has 0 bridgehead atoms. The molecule has 1 amide bonds. The van der Waals surface area contributed by atoms with Crippen molar-refractivity contribution in [3.63, 3.8) is 0 Å². The second-order valence-electron chi connectivity index (χ2n) is 9.51. The Balaban J connectivity index is 1.28. The lowest BCUT2D eigenvalue weighted by atomic mass is 9.94. The summed E-state index contributed by atoms with van der Waals surface area (Å²) in [5.41, 5.74) is 1.55. The second-order valence-corrected chi connectivity index (χ2v) is 9.91. The Morgan fingerprint density at radius 1 is 0.923 bits per heavy atom. The van der Waals surface area contributed by atoms with Crippen molar-refractivity contribution in [1.82, 2.24) is 19.9 Å². The lowest BCUT2D eigenvalue weighted by Crippen LogP contribution is -2.43. The van der Waals surface area contributed by atoms with Gasteiger partial charge in [0.1, 0.15) is 29.7 Å². The van der Waals surface area contributed by atoms with Gasteiger partial charge in [-0.05, 0) is 78.4 Å². The second kappa shape index (κ2) is 11.7. The van der Waals surface area contributed by atoms with Gasteiger partial charge in [-0.2, -0.15) is 15.0 Å². The Kier molecular flexibility index (Phi) is 7.97. The Morgan fingerprint density at radius 2 is 1.56 bits per heavy atom. The third-order valence-electron chi connectivity index (χ3n) is 6.70. The molecule has 2 heterocycles. The first-order chi connectivity index (χ1) is 18.8. The normalized spacial score (nSPS) is 16.8. The lowest BCUT2D eigenvalue weighted by Gasteiger charge is -2.23. The largest absolute Gasteiger partial charge is 0.457 e. The van der Waals surface area contributed by atoms with E-state index in [0.29, 0.717) is 35.9 Å². The molecule has 7 nitrogen and oxygen atoms in total. The van der Waals surface area contributed by atoms with E-state index in [4.69, 9.17) is 16.3 Å². The number of ketones is 1. The van der Waals surface area contributed by atoms with Crippen molar-refractivity contribution in [2.45, 2.75) is 31.8 Å². The van der Waals surface area contributed by atoms with Crippen molar-refractivity contribution < 1.29 is 23.1 Å². The Bertz CT molecular complexity index is 1450. The zero-order chi connectivity index (χ0) is 27.4. The molecule has 0 saturated carbocycles. The van der Waals surface area contributed by atoms with Crippen molar-refractivity contribution in [1.29, 1.82) is 0 Å². The Morgan fingerprint density at radius 3 is 2.23 bits per heavy atom. The molecule has 1 fully saturated rings. The maximum atomic E-state index is 13.5. The van der Waals surface area contributed by atoms with Crippen LogP contribution in [0, 0.1) is 17.6 Å². The quantitative estimate of drug-likeness (QED) is 0.284. The minimum atomic E-state index is -0.618. The average Bonchev–Trinajstić information content (AvgIpc) is 3.58. The Labute approximate surface area is 229 Å². The van der Waals surface area contributed by atoms with Crippen LogP contribution < -0.4 is 4.74 Å². The van der Waals surface area contributed by atoms with E-state index < -0.39 is 11.9 Å². The first-order valence-corrected chi connectivity index (χ1v) is 12.8. The van der Waals surface area contributed by atoms with E-state index in [1.54, 1.807) is 35.2 Å². The fourth-order valence-corrected chi connectivity index (χ4v) is 5.06. The maximum absolute atomic E-state index is 13.5. The van der Waals surface area contributed by atoms with Gasteiger partial charge in [-0.1, -0.05) is 29.8 Å². The van der Waals surface area contributed by atoms with Gasteiger partial charge in [0.15, 0.2) is 5.78 Å². The van der Waals surface area contributed by atoms with Gasteiger partial charge in [0.05, 0.1) is 18.4 Å². The number of Topliss-reactive ketones (excluding diaryl/α,β-unsaturated/α-hetero) is 1. The van der Waals surface area contributed by atoms with Crippen molar-refractivity contribution >= 4 is 23.3 Å². The molecule has 1 aliphatic rings. The predicted octanol–water partition coefficient (Wildman–Crippen LogP) is 5.27. The molecule has 200 valence electrons. The smallest absolute Gasteiger partial charge is 0.246 e. The number of nitrogens with zero attached hydrogens (tertiary/aromatic N) is 4. The van der Waals surface area contributed by atoms with Crippen LogP contribution >= 0.6 is 11.6 Å². The Hall–Kier alpha value is -4.11. The molecule has 1 saturated heterocycles. The van der Waals surface area contributed by atoms with Gasteiger partial charge in [0.25, 0.3) is 0 Å². The summed E-state index contributed by atoms with van der Waals surface area (Å²) in [6.07, 6.45) is 4.10. The number of benzene rings is 3. The molecule has 0 N–H and O–H groups in total. The van der Waals surface area contributed by atoms with Gasteiger partial charge in [0, 0.05) is 18.0 Å². The summed E-state index contributed by atoms with van der Waals surface area (Å²) in [4.78, 5) is 29.5. The molecule has 1 aromatic heterocycles. The van der Waals surface area contributed by atoms with Gasteiger partial charge in [0.2, 0.25) is 5.91 Å². The van der Waals surface area contributed by atoms with E-state index in [9.17, 15) is 18.4 Å². The van der Waals surface area contributed by atoms with Gasteiger partial charge in [-0.25, -0.2) is 8.78 Å². The fourth-order valence-electron chi connectivity index (χ4n) is 4.82. The number of aromatic nitrogens is 3. The van der Waals surface area contributed by atoms with Gasteiger partial charge in [-0.3, -0.25) is 9.59 Å². The molecule has 0 unspecified atom stereocenters. The highest BCUT2D eigenvalue weighted by atomic mass is 35.5. The topological polar surface area (TPSA) is 77.3 Å². The van der Waals surface area contributed by atoms with Crippen LogP contribution in [-0.4, -0.2) is 44.2 Å². The van der Waals surface area contributed by atoms with Gasteiger partial charge < -0.3 is 9.64 Å². The number of halogens is 3. The number of hydrogen-bond acceptors (Lipinski definition) is 5. The van der Waals surface area contributed by atoms with Crippen LogP contribution in [0.5, 0.6) is 11.5 Å². The van der Waals surface area contributed by atoms with Crippen LogP contribution in [0.15, 0.2) is 79.1 Å². The van der Waals surface area contributed by atoms with E-state index in [1.807, 2.05) is 0 Å². The number of ether oxygens (including phenoxy) is 1. The monoisotopic (exact) mass is 550 g/mol. The third-order valence-corrected chi connectivity index (χ3v) is 7.05. The summed E-state index contributed by atoms with van der Waals surface area (Å²) >= 11 is 6.24. The van der Waals surface area contributed by atoms with Crippen molar-refractivity contribution in [3.05, 3.63) is 107 Å². The maximum Gasteiger partial charge on any atom is 0.246 e. The minimum Gasteiger partial charge on any atom is -0.457 e. The molecule has 0 radical (unpaired) electrons. The molecule has 5 rings (SSSR count). The lowest BCUT2D eigenvalue weighted by molar-refractivity contribution is -0.138. The number of carbonyl (C=O) groups is 2. The van der Waals surface area contributed by atoms with Gasteiger partial charge >= 0.3 is 0 Å². The molecule has 39 heavy (non-hydrogen) atoms. The van der Waals surface area contributed by atoms with Crippen molar-refractivity contribution in [2.24, 2.45) is 5.92 Å². The fraction of sp³-hybridized carbons (Fsp3) is 0.241. The third kappa shape index (κ3) is 6.67. The first kappa shape index (κ1) is 26.5. The molecule has 0 spiro atoms. The molecular weight excluding hydrogens is 526 g/mol. The number of likely N-dealkylation sites (tertiary alicyclic amines) is 1. The molecular formula is C29H25ClF2N4O3. The minimum absolute atomic E-state index is 0.0251. The highest BCUT2D eigenvalue weighted by molar-refractivity contribution is 6.31. The molecule has 2 atom stereocenters. The van der Waals surface area contributed by atoms with E-state index in [1.165, 1.54) is 53.6 Å². The molecule has 0 aliphatic carbocycles. The molecule has 10 heteroatoms. The van der Waals surface area contributed by atoms with Crippen LogP contribution in [-0.2, 0) is 29.0 Å². The van der Waals surface area contributed by atoms with Crippen molar-refractivity contribution in [3.8, 4) is 11.5 Å². The van der Waals surface area contributed by atoms with E-state index in [0.717, 1.165) is 11.1 Å². The highest BCUT2D eigenvalue weighted by Crippen LogP contribution is 2.31. The predicted molar refractivity (Wildman–Crippen MR) is 140 cm³/mol. The van der Waals surface area contributed by atoms with Gasteiger partial charge in [-0.15, -0.1) is 0 Å². The van der Waals surface area contributed by atoms with Crippen LogP contribution in [0.2, 0.25) is 5.02 Å². The molecule has 1 aliphatic heterocycles. The number of hydrogen-bond donors (Lipinski definition) is 0. The number of carbonyl (C=O) groups excluding carboxylic acids is 2. The summed E-state index contributed by atoms with van der Waals surface area (Å²) in [6.45, 7) is 0.297. The number of rotatable bonds is 9. The van der Waals surface area contributed by atoms with E-state index >= 15 is 0 Å².